The summed E-state index contributed by atoms with van der Waals surface area (Å²) in [7, 11) is 0. The van der Waals surface area contributed by atoms with E-state index >= 15 is 0 Å². The van der Waals surface area contributed by atoms with Gasteiger partial charge in [0, 0.05) is 6.07 Å². The van der Waals surface area contributed by atoms with Gasteiger partial charge in [0.1, 0.15) is 18.2 Å². The largest absolute Gasteiger partial charge is 0.489 e. The van der Waals surface area contributed by atoms with E-state index in [9.17, 15) is 4.39 Å². The van der Waals surface area contributed by atoms with Gasteiger partial charge in [-0.1, -0.05) is 6.07 Å². The first-order valence-corrected chi connectivity index (χ1v) is 8.31. The molecule has 0 atom stereocenters. The van der Waals surface area contributed by atoms with Gasteiger partial charge in [0.25, 0.3) is 0 Å². The van der Waals surface area contributed by atoms with Crippen molar-refractivity contribution in [3.8, 4) is 17.2 Å². The summed E-state index contributed by atoms with van der Waals surface area (Å²) >= 11 is 0. The number of ether oxygens (including phenoxy) is 3. The van der Waals surface area contributed by atoms with Crippen molar-refractivity contribution < 1.29 is 18.6 Å². The topological polar surface area (TPSA) is 39.7 Å². The molecule has 2 aromatic rings. The SMILES string of the molecule is Fc1ccc(C2CCNCC2)c(COc2ccc3c(c2)OCO3)c1. The molecule has 0 radical (unpaired) electrons. The highest BCUT2D eigenvalue weighted by Gasteiger charge is 2.19. The molecule has 0 amide bonds. The van der Waals surface area contributed by atoms with Crippen molar-refractivity contribution in [3.63, 3.8) is 0 Å². The maximum atomic E-state index is 13.7. The van der Waals surface area contributed by atoms with Crippen LogP contribution in [0.4, 0.5) is 4.39 Å². The van der Waals surface area contributed by atoms with E-state index in [4.69, 9.17) is 14.2 Å². The average Bonchev–Trinajstić information content (AvgIpc) is 3.08. The van der Waals surface area contributed by atoms with Crippen LogP contribution < -0.4 is 19.5 Å². The van der Waals surface area contributed by atoms with E-state index in [1.165, 1.54) is 5.56 Å². The lowest BCUT2D eigenvalue weighted by atomic mass is 9.87. The Morgan fingerprint density at radius 3 is 2.75 bits per heavy atom. The van der Waals surface area contributed by atoms with Crippen LogP contribution in [0.2, 0.25) is 0 Å². The molecule has 4 nitrogen and oxygen atoms in total. The van der Waals surface area contributed by atoms with Gasteiger partial charge in [0.2, 0.25) is 6.79 Å². The molecular weight excluding hydrogens is 309 g/mol. The van der Waals surface area contributed by atoms with Gasteiger partial charge in [-0.3, -0.25) is 0 Å². The predicted octanol–water partition coefficient (Wildman–Crippen LogP) is 3.60. The van der Waals surface area contributed by atoms with Crippen LogP contribution in [0.3, 0.4) is 0 Å². The first kappa shape index (κ1) is 15.3. The monoisotopic (exact) mass is 329 g/mol. The van der Waals surface area contributed by atoms with Gasteiger partial charge in [0.05, 0.1) is 0 Å². The number of hydrogen-bond acceptors (Lipinski definition) is 4. The van der Waals surface area contributed by atoms with Crippen LogP contribution in [0.1, 0.15) is 29.9 Å². The Morgan fingerprint density at radius 1 is 1.04 bits per heavy atom. The van der Waals surface area contributed by atoms with E-state index in [1.807, 2.05) is 24.3 Å². The van der Waals surface area contributed by atoms with Crippen LogP contribution in [0.5, 0.6) is 17.2 Å². The molecule has 1 saturated heterocycles. The summed E-state index contributed by atoms with van der Waals surface area (Å²) in [6.07, 6.45) is 2.14. The molecule has 2 heterocycles. The number of hydrogen-bond donors (Lipinski definition) is 1. The summed E-state index contributed by atoms with van der Waals surface area (Å²) in [5, 5.41) is 3.37. The molecule has 0 unspecified atom stereocenters. The fraction of sp³-hybridized carbons (Fsp3) is 0.368. The molecule has 5 heteroatoms. The summed E-state index contributed by atoms with van der Waals surface area (Å²) in [6.45, 7) is 2.59. The standard InChI is InChI=1S/C19H20FNO3/c20-15-1-3-17(13-5-7-21-8-6-13)14(9-15)11-22-16-2-4-18-19(10-16)24-12-23-18/h1-4,9-10,13,21H,5-8,11-12H2. The first-order chi connectivity index (χ1) is 11.8. The van der Waals surface area contributed by atoms with E-state index in [1.54, 1.807) is 12.1 Å². The molecular formula is C19H20FNO3. The van der Waals surface area contributed by atoms with Crippen LogP contribution in [0, 0.1) is 5.82 Å². The van der Waals surface area contributed by atoms with Gasteiger partial charge < -0.3 is 19.5 Å². The second kappa shape index (κ2) is 6.69. The van der Waals surface area contributed by atoms with Crippen LogP contribution in [-0.2, 0) is 6.61 Å². The first-order valence-electron chi connectivity index (χ1n) is 8.31. The van der Waals surface area contributed by atoms with Crippen molar-refractivity contribution in [1.29, 1.82) is 0 Å². The van der Waals surface area contributed by atoms with Gasteiger partial charge >= 0.3 is 0 Å². The van der Waals surface area contributed by atoms with Crippen molar-refractivity contribution in [3.05, 3.63) is 53.3 Å². The Hall–Kier alpha value is -2.27. The highest BCUT2D eigenvalue weighted by molar-refractivity contribution is 5.47. The zero-order valence-corrected chi connectivity index (χ0v) is 13.4. The Balaban J connectivity index is 1.52. The Kier molecular flexibility index (Phi) is 4.26. The molecule has 0 saturated carbocycles. The molecule has 24 heavy (non-hydrogen) atoms. The zero-order chi connectivity index (χ0) is 16.4. The third-order valence-electron chi connectivity index (χ3n) is 4.62. The van der Waals surface area contributed by atoms with E-state index in [0.29, 0.717) is 24.0 Å². The second-order valence-corrected chi connectivity index (χ2v) is 6.17. The number of fused-ring (bicyclic) bond motifs is 1. The highest BCUT2D eigenvalue weighted by atomic mass is 19.1. The number of rotatable bonds is 4. The lowest BCUT2D eigenvalue weighted by molar-refractivity contribution is 0.173. The molecule has 1 N–H and O–H groups in total. The van der Waals surface area contributed by atoms with Crippen molar-refractivity contribution in [1.82, 2.24) is 5.32 Å². The quantitative estimate of drug-likeness (QED) is 0.930. The van der Waals surface area contributed by atoms with Gasteiger partial charge in [0.15, 0.2) is 11.5 Å². The highest BCUT2D eigenvalue weighted by Crippen LogP contribution is 2.36. The minimum absolute atomic E-state index is 0.225. The van der Waals surface area contributed by atoms with Crippen LogP contribution in [-0.4, -0.2) is 19.9 Å². The van der Waals surface area contributed by atoms with Gasteiger partial charge in [-0.2, -0.15) is 0 Å². The van der Waals surface area contributed by atoms with Crippen LogP contribution >= 0.6 is 0 Å². The van der Waals surface area contributed by atoms with E-state index < -0.39 is 0 Å². The lowest BCUT2D eigenvalue weighted by Crippen LogP contribution is -2.27. The molecule has 4 rings (SSSR count). The molecule has 2 aliphatic rings. The molecule has 0 aromatic heterocycles. The van der Waals surface area contributed by atoms with Crippen molar-refractivity contribution in [2.75, 3.05) is 19.9 Å². The Morgan fingerprint density at radius 2 is 1.88 bits per heavy atom. The summed E-state index contributed by atoms with van der Waals surface area (Å²) in [5.74, 6) is 2.34. The smallest absolute Gasteiger partial charge is 0.231 e. The molecule has 2 aromatic carbocycles. The fourth-order valence-electron chi connectivity index (χ4n) is 3.36. The van der Waals surface area contributed by atoms with Crippen molar-refractivity contribution in [2.24, 2.45) is 0 Å². The molecule has 0 aliphatic carbocycles. The average molecular weight is 329 g/mol. The summed E-state index contributed by atoms with van der Waals surface area (Å²) in [4.78, 5) is 0. The maximum Gasteiger partial charge on any atom is 0.231 e. The molecule has 2 aliphatic heterocycles. The van der Waals surface area contributed by atoms with Crippen molar-refractivity contribution >= 4 is 0 Å². The lowest BCUT2D eigenvalue weighted by Gasteiger charge is -2.25. The summed E-state index contributed by atoms with van der Waals surface area (Å²) in [6, 6.07) is 10.5. The Bertz CT molecular complexity index is 729. The third-order valence-corrected chi connectivity index (χ3v) is 4.62. The maximum absolute atomic E-state index is 13.7. The molecule has 0 bridgehead atoms. The fourth-order valence-corrected chi connectivity index (χ4v) is 3.36. The molecule has 0 spiro atoms. The normalized spacial score (nSPS) is 17.0. The van der Waals surface area contributed by atoms with Crippen molar-refractivity contribution in [2.45, 2.75) is 25.4 Å². The van der Waals surface area contributed by atoms with Gasteiger partial charge in [-0.05, 0) is 67.2 Å². The Labute approximate surface area is 140 Å². The molecule has 126 valence electrons. The predicted molar refractivity (Wildman–Crippen MR) is 88.1 cm³/mol. The van der Waals surface area contributed by atoms with Gasteiger partial charge in [-0.15, -0.1) is 0 Å². The summed E-state index contributed by atoms with van der Waals surface area (Å²) < 4.78 is 30.3. The molecule has 1 fully saturated rings. The van der Waals surface area contributed by atoms with Crippen LogP contribution in [0.25, 0.3) is 0 Å². The number of halogens is 1. The third kappa shape index (κ3) is 3.17. The minimum Gasteiger partial charge on any atom is -0.489 e. The number of benzene rings is 2. The second-order valence-electron chi connectivity index (χ2n) is 6.17. The zero-order valence-electron chi connectivity index (χ0n) is 13.4. The van der Waals surface area contributed by atoms with E-state index in [0.717, 1.165) is 37.2 Å². The van der Waals surface area contributed by atoms with Crippen LogP contribution in [0.15, 0.2) is 36.4 Å². The van der Waals surface area contributed by atoms with E-state index in [-0.39, 0.29) is 12.6 Å². The number of piperidine rings is 1. The number of nitrogens with one attached hydrogen (secondary N) is 1. The van der Waals surface area contributed by atoms with Gasteiger partial charge in [-0.25, -0.2) is 4.39 Å². The van der Waals surface area contributed by atoms with E-state index in [2.05, 4.69) is 5.32 Å². The summed E-state index contributed by atoms with van der Waals surface area (Å²) in [5.41, 5.74) is 2.11. The minimum atomic E-state index is -0.225.